The molecule has 1 N–H and O–H groups in total. The van der Waals surface area contributed by atoms with Gasteiger partial charge >= 0.3 is 6.03 Å². The lowest BCUT2D eigenvalue weighted by Gasteiger charge is -2.22. The maximum Gasteiger partial charge on any atom is 0.317 e. The van der Waals surface area contributed by atoms with Crippen LogP contribution in [0.1, 0.15) is 39.0 Å². The third-order valence-corrected chi connectivity index (χ3v) is 3.94. The van der Waals surface area contributed by atoms with Gasteiger partial charge in [-0.25, -0.2) is 4.79 Å². The van der Waals surface area contributed by atoms with Crippen molar-refractivity contribution < 1.29 is 9.53 Å². The molecule has 0 bridgehead atoms. The highest BCUT2D eigenvalue weighted by atomic mass is 16.5. The van der Waals surface area contributed by atoms with Gasteiger partial charge in [0, 0.05) is 32.2 Å². The van der Waals surface area contributed by atoms with Crippen LogP contribution in [-0.4, -0.2) is 43.3 Å². The highest BCUT2D eigenvalue weighted by Gasteiger charge is 2.25. The van der Waals surface area contributed by atoms with Crippen molar-refractivity contribution in [3.05, 3.63) is 0 Å². The van der Waals surface area contributed by atoms with E-state index < -0.39 is 0 Å². The number of amides is 2. The maximum absolute atomic E-state index is 12.0. The molecular weight excluding hydrogens is 216 g/mol. The van der Waals surface area contributed by atoms with Crippen molar-refractivity contribution in [1.29, 1.82) is 0 Å². The minimum atomic E-state index is 0.117. The molecule has 17 heavy (non-hydrogen) atoms. The number of nitrogens with one attached hydrogen (secondary N) is 1. The number of likely N-dealkylation sites (tertiary alicyclic amines) is 1. The molecule has 0 spiro atoms. The number of hydrogen-bond donors (Lipinski definition) is 1. The summed E-state index contributed by atoms with van der Waals surface area (Å²) in [6.07, 6.45) is 6.18. The van der Waals surface area contributed by atoms with Crippen molar-refractivity contribution in [2.24, 2.45) is 5.92 Å². The number of ether oxygens (including phenoxy) is 1. The second-order valence-corrected chi connectivity index (χ2v) is 5.21. The van der Waals surface area contributed by atoms with Crippen molar-refractivity contribution in [3.8, 4) is 0 Å². The van der Waals surface area contributed by atoms with Gasteiger partial charge in [-0.3, -0.25) is 0 Å². The first-order valence-electron chi connectivity index (χ1n) is 6.92. The predicted molar refractivity (Wildman–Crippen MR) is 67.0 cm³/mol. The van der Waals surface area contributed by atoms with E-state index in [0.717, 1.165) is 45.5 Å². The zero-order valence-electron chi connectivity index (χ0n) is 10.8. The normalized spacial score (nSPS) is 30.1. The van der Waals surface area contributed by atoms with Gasteiger partial charge in [-0.1, -0.05) is 12.8 Å². The van der Waals surface area contributed by atoms with Crippen LogP contribution in [0.4, 0.5) is 4.79 Å². The van der Waals surface area contributed by atoms with Crippen LogP contribution in [0.3, 0.4) is 0 Å². The number of carbonyl (C=O) groups is 1. The number of nitrogens with zero attached hydrogens (tertiary/aromatic N) is 1. The van der Waals surface area contributed by atoms with Gasteiger partial charge in [-0.15, -0.1) is 0 Å². The summed E-state index contributed by atoms with van der Waals surface area (Å²) in [7, 11) is 0. The van der Waals surface area contributed by atoms with Crippen molar-refractivity contribution >= 4 is 6.03 Å². The first kappa shape index (κ1) is 12.7. The Hall–Kier alpha value is -0.770. The molecule has 0 saturated carbocycles. The van der Waals surface area contributed by atoms with E-state index >= 15 is 0 Å². The molecule has 0 aromatic rings. The van der Waals surface area contributed by atoms with E-state index in [1.807, 2.05) is 4.90 Å². The lowest BCUT2D eigenvalue weighted by Crippen LogP contribution is -2.43. The zero-order valence-corrected chi connectivity index (χ0v) is 10.8. The second kappa shape index (κ2) is 6.24. The van der Waals surface area contributed by atoms with Crippen LogP contribution < -0.4 is 5.32 Å². The van der Waals surface area contributed by atoms with Gasteiger partial charge in [0.15, 0.2) is 0 Å². The molecule has 0 aliphatic carbocycles. The van der Waals surface area contributed by atoms with Crippen LogP contribution in [0.5, 0.6) is 0 Å². The summed E-state index contributed by atoms with van der Waals surface area (Å²) in [5.41, 5.74) is 0. The molecule has 0 aromatic heterocycles. The molecular formula is C13H24N2O2. The van der Waals surface area contributed by atoms with E-state index in [-0.39, 0.29) is 6.03 Å². The number of hydrogen-bond acceptors (Lipinski definition) is 2. The van der Waals surface area contributed by atoms with Crippen LogP contribution in [0, 0.1) is 5.92 Å². The van der Waals surface area contributed by atoms with Gasteiger partial charge in [-0.05, 0) is 26.2 Å². The Morgan fingerprint density at radius 2 is 2.00 bits per heavy atom. The molecule has 4 nitrogen and oxygen atoms in total. The van der Waals surface area contributed by atoms with Gasteiger partial charge in [0.25, 0.3) is 0 Å². The summed E-state index contributed by atoms with van der Waals surface area (Å²) in [5, 5.41) is 3.06. The molecule has 0 radical (unpaired) electrons. The fraction of sp³-hybridized carbons (Fsp3) is 0.923. The van der Waals surface area contributed by atoms with Crippen LogP contribution in [0.25, 0.3) is 0 Å². The maximum atomic E-state index is 12.0. The summed E-state index contributed by atoms with van der Waals surface area (Å²) in [5.74, 6) is 0.492. The molecule has 4 heteroatoms. The fourth-order valence-corrected chi connectivity index (χ4v) is 2.65. The van der Waals surface area contributed by atoms with Gasteiger partial charge in [0.2, 0.25) is 0 Å². The first-order valence-corrected chi connectivity index (χ1v) is 6.92. The van der Waals surface area contributed by atoms with Crippen molar-refractivity contribution in [2.75, 3.05) is 26.2 Å². The molecule has 2 fully saturated rings. The summed E-state index contributed by atoms with van der Waals surface area (Å²) in [6, 6.07) is 0.117. The van der Waals surface area contributed by atoms with E-state index in [0.29, 0.717) is 12.0 Å². The van der Waals surface area contributed by atoms with E-state index in [9.17, 15) is 4.79 Å². The van der Waals surface area contributed by atoms with Crippen molar-refractivity contribution in [1.82, 2.24) is 10.2 Å². The summed E-state index contributed by atoms with van der Waals surface area (Å²) < 4.78 is 5.50. The lowest BCUT2D eigenvalue weighted by atomic mass is 10.0. The molecule has 2 saturated heterocycles. The van der Waals surface area contributed by atoms with Crippen LogP contribution in [-0.2, 0) is 4.74 Å². The monoisotopic (exact) mass is 240 g/mol. The van der Waals surface area contributed by atoms with Crippen LogP contribution in [0.2, 0.25) is 0 Å². The second-order valence-electron chi connectivity index (χ2n) is 5.21. The van der Waals surface area contributed by atoms with Gasteiger partial charge in [-0.2, -0.15) is 0 Å². The molecule has 2 aliphatic rings. The van der Waals surface area contributed by atoms with E-state index in [4.69, 9.17) is 4.74 Å². The highest BCUT2D eigenvalue weighted by molar-refractivity contribution is 5.74. The average Bonchev–Trinajstić information content (AvgIpc) is 2.58. The fourth-order valence-electron chi connectivity index (χ4n) is 2.65. The van der Waals surface area contributed by atoms with Crippen molar-refractivity contribution in [2.45, 2.75) is 45.1 Å². The SMILES string of the molecule is CC1OCCC1CNC(=O)N1CCCCCC1. The Kier molecular flexibility index (Phi) is 4.66. The standard InChI is InChI=1S/C13H24N2O2/c1-11-12(6-9-17-11)10-14-13(16)15-7-4-2-3-5-8-15/h11-12H,2-10H2,1H3,(H,14,16). The minimum Gasteiger partial charge on any atom is -0.378 e. The molecule has 2 unspecified atom stereocenters. The van der Waals surface area contributed by atoms with Gasteiger partial charge in [0.05, 0.1) is 6.10 Å². The molecule has 2 amide bonds. The summed E-state index contributed by atoms with van der Waals surface area (Å²) >= 11 is 0. The summed E-state index contributed by atoms with van der Waals surface area (Å²) in [4.78, 5) is 14.0. The Labute approximate surface area is 104 Å². The number of carbonyl (C=O) groups excluding carboxylic acids is 1. The molecule has 98 valence electrons. The average molecular weight is 240 g/mol. The number of urea groups is 1. The largest absolute Gasteiger partial charge is 0.378 e. The molecule has 2 heterocycles. The Balaban J connectivity index is 1.72. The quantitative estimate of drug-likeness (QED) is 0.802. The molecule has 2 aliphatic heterocycles. The van der Waals surface area contributed by atoms with Gasteiger partial charge in [0.1, 0.15) is 0 Å². The van der Waals surface area contributed by atoms with Crippen LogP contribution in [0.15, 0.2) is 0 Å². The Morgan fingerprint density at radius 1 is 1.29 bits per heavy atom. The number of rotatable bonds is 2. The Bertz CT molecular complexity index is 250. The smallest absolute Gasteiger partial charge is 0.317 e. The predicted octanol–water partition coefficient (Wildman–Crippen LogP) is 2.00. The summed E-state index contributed by atoms with van der Waals surface area (Å²) in [6.45, 7) is 5.53. The molecule has 2 atom stereocenters. The third-order valence-electron chi connectivity index (χ3n) is 3.94. The van der Waals surface area contributed by atoms with E-state index in [2.05, 4.69) is 12.2 Å². The molecule has 2 rings (SSSR count). The highest BCUT2D eigenvalue weighted by Crippen LogP contribution is 2.19. The topological polar surface area (TPSA) is 41.6 Å². The van der Waals surface area contributed by atoms with Gasteiger partial charge < -0.3 is 15.0 Å². The third kappa shape index (κ3) is 3.60. The molecule has 0 aromatic carbocycles. The Morgan fingerprint density at radius 3 is 2.59 bits per heavy atom. The van der Waals surface area contributed by atoms with E-state index in [1.54, 1.807) is 0 Å². The van der Waals surface area contributed by atoms with Crippen molar-refractivity contribution in [3.63, 3.8) is 0 Å². The lowest BCUT2D eigenvalue weighted by molar-refractivity contribution is 0.105. The zero-order chi connectivity index (χ0) is 12.1. The van der Waals surface area contributed by atoms with E-state index in [1.165, 1.54) is 12.8 Å². The minimum absolute atomic E-state index is 0.117. The first-order chi connectivity index (χ1) is 8.27. The van der Waals surface area contributed by atoms with Crippen LogP contribution >= 0.6 is 0 Å².